The second-order valence-electron chi connectivity index (χ2n) is 4.57. The molecule has 2 aromatic rings. The zero-order valence-electron chi connectivity index (χ0n) is 12.3. The highest BCUT2D eigenvalue weighted by molar-refractivity contribution is 9.10. The van der Waals surface area contributed by atoms with E-state index >= 15 is 0 Å². The first-order valence-electron chi connectivity index (χ1n) is 6.73. The quantitative estimate of drug-likeness (QED) is 0.566. The molecule has 0 fully saturated rings. The number of esters is 1. The van der Waals surface area contributed by atoms with E-state index < -0.39 is 24.4 Å². The largest absolute Gasteiger partial charge is 0.452 e. The van der Waals surface area contributed by atoms with Gasteiger partial charge >= 0.3 is 5.97 Å². The number of carbonyl (C=O) groups excluding carboxylic acids is 3. The van der Waals surface area contributed by atoms with Crippen LogP contribution in [0.5, 0.6) is 0 Å². The number of benzene rings is 1. The number of carbonyl (C=O) groups is 3. The van der Waals surface area contributed by atoms with Crippen LogP contribution in [0.25, 0.3) is 6.08 Å². The lowest BCUT2D eigenvalue weighted by Crippen LogP contribution is -2.21. The number of rotatable bonds is 6. The van der Waals surface area contributed by atoms with E-state index in [9.17, 15) is 14.4 Å². The van der Waals surface area contributed by atoms with Crippen LogP contribution in [0.2, 0.25) is 0 Å². The number of halogens is 1. The maximum Gasteiger partial charge on any atom is 0.331 e. The molecule has 2 amide bonds. The van der Waals surface area contributed by atoms with E-state index in [0.717, 1.165) is 21.4 Å². The van der Waals surface area contributed by atoms with Crippen molar-refractivity contribution in [1.82, 2.24) is 0 Å². The molecule has 0 aliphatic heterocycles. The number of primary amides is 1. The SMILES string of the molecule is NC(=O)c1ccsc1NC(=O)COC(=O)/C=C/c1ccc(Br)cc1. The van der Waals surface area contributed by atoms with Gasteiger partial charge in [0.05, 0.1) is 5.56 Å². The molecule has 8 heteroatoms. The lowest BCUT2D eigenvalue weighted by atomic mass is 10.2. The number of nitrogens with two attached hydrogens (primary N) is 1. The number of nitrogens with one attached hydrogen (secondary N) is 1. The zero-order valence-corrected chi connectivity index (χ0v) is 14.7. The number of ether oxygens (including phenoxy) is 1. The fourth-order valence-electron chi connectivity index (χ4n) is 1.69. The second kappa shape index (κ2) is 8.42. The minimum atomic E-state index is -0.644. The first-order valence-corrected chi connectivity index (χ1v) is 8.40. The molecule has 0 spiro atoms. The van der Waals surface area contributed by atoms with Crippen molar-refractivity contribution in [3.05, 3.63) is 57.4 Å². The highest BCUT2D eigenvalue weighted by atomic mass is 79.9. The first kappa shape index (κ1) is 17.9. The molecule has 6 nitrogen and oxygen atoms in total. The molecule has 0 atom stereocenters. The van der Waals surface area contributed by atoms with Crippen molar-refractivity contribution in [2.45, 2.75) is 0 Å². The Labute approximate surface area is 150 Å². The maximum atomic E-state index is 11.7. The van der Waals surface area contributed by atoms with Crippen LogP contribution in [-0.2, 0) is 14.3 Å². The zero-order chi connectivity index (χ0) is 17.5. The molecule has 124 valence electrons. The second-order valence-corrected chi connectivity index (χ2v) is 6.40. The van der Waals surface area contributed by atoms with Crippen molar-refractivity contribution in [2.24, 2.45) is 5.73 Å². The fraction of sp³-hybridized carbons (Fsp3) is 0.0625. The third-order valence-electron chi connectivity index (χ3n) is 2.81. The standard InChI is InChI=1S/C16H13BrN2O4S/c17-11-4-1-10(2-5-11)3-6-14(21)23-9-13(20)19-16-12(15(18)22)7-8-24-16/h1-8H,9H2,(H2,18,22)(H,19,20)/b6-3+. The molecule has 1 heterocycles. The van der Waals surface area contributed by atoms with Crippen molar-refractivity contribution in [2.75, 3.05) is 11.9 Å². The first-order chi connectivity index (χ1) is 11.5. The lowest BCUT2D eigenvalue weighted by molar-refractivity contribution is -0.142. The third-order valence-corrected chi connectivity index (χ3v) is 4.17. The summed E-state index contributed by atoms with van der Waals surface area (Å²) in [6, 6.07) is 8.84. The van der Waals surface area contributed by atoms with Crippen molar-refractivity contribution < 1.29 is 19.1 Å². The Morgan fingerprint density at radius 3 is 2.58 bits per heavy atom. The van der Waals surface area contributed by atoms with Crippen LogP contribution in [0.15, 0.2) is 46.3 Å². The molecule has 1 aromatic heterocycles. The Morgan fingerprint density at radius 2 is 1.92 bits per heavy atom. The number of amides is 2. The average Bonchev–Trinajstić information content (AvgIpc) is 3.00. The van der Waals surface area contributed by atoms with Gasteiger partial charge in [-0.1, -0.05) is 28.1 Å². The van der Waals surface area contributed by atoms with Gasteiger partial charge in [-0.25, -0.2) is 4.79 Å². The molecule has 24 heavy (non-hydrogen) atoms. The highest BCUT2D eigenvalue weighted by Gasteiger charge is 2.13. The van der Waals surface area contributed by atoms with Crippen molar-refractivity contribution in [3.63, 3.8) is 0 Å². The molecule has 1 aromatic carbocycles. The molecular weight excluding hydrogens is 396 g/mol. The summed E-state index contributed by atoms with van der Waals surface area (Å²) in [5.41, 5.74) is 6.22. The van der Waals surface area contributed by atoms with Gasteiger partial charge < -0.3 is 15.8 Å². The molecule has 0 radical (unpaired) electrons. The van der Waals surface area contributed by atoms with Gasteiger partial charge in [0.2, 0.25) is 0 Å². The minimum absolute atomic E-state index is 0.217. The van der Waals surface area contributed by atoms with Gasteiger partial charge in [-0.05, 0) is 35.2 Å². The summed E-state index contributed by atoms with van der Waals surface area (Å²) in [5, 5.41) is 4.43. The summed E-state index contributed by atoms with van der Waals surface area (Å²) in [6.07, 6.45) is 2.81. The van der Waals surface area contributed by atoms with Crippen molar-refractivity contribution in [3.8, 4) is 0 Å². The molecule has 0 aliphatic carbocycles. The predicted octanol–water partition coefficient (Wildman–Crippen LogP) is 2.80. The maximum absolute atomic E-state index is 11.7. The summed E-state index contributed by atoms with van der Waals surface area (Å²) >= 11 is 4.47. The third kappa shape index (κ3) is 5.32. The molecule has 2 rings (SSSR count). The van der Waals surface area contributed by atoms with Crippen LogP contribution < -0.4 is 11.1 Å². The Kier molecular flexibility index (Phi) is 6.28. The Morgan fingerprint density at radius 1 is 1.21 bits per heavy atom. The van der Waals surface area contributed by atoms with Crippen molar-refractivity contribution >= 4 is 56.1 Å². The van der Waals surface area contributed by atoms with E-state index in [-0.39, 0.29) is 5.56 Å². The summed E-state index contributed by atoms with van der Waals surface area (Å²) < 4.78 is 5.77. The highest BCUT2D eigenvalue weighted by Crippen LogP contribution is 2.22. The van der Waals surface area contributed by atoms with E-state index in [1.165, 1.54) is 12.1 Å². The van der Waals surface area contributed by atoms with Crippen LogP contribution in [0.4, 0.5) is 5.00 Å². The van der Waals surface area contributed by atoms with E-state index in [0.29, 0.717) is 5.00 Å². The fourth-order valence-corrected chi connectivity index (χ4v) is 2.76. The lowest BCUT2D eigenvalue weighted by Gasteiger charge is -2.04. The van der Waals surface area contributed by atoms with Gasteiger partial charge in [-0.3, -0.25) is 9.59 Å². The van der Waals surface area contributed by atoms with Gasteiger partial charge in [0, 0.05) is 10.5 Å². The van der Waals surface area contributed by atoms with Crippen LogP contribution in [-0.4, -0.2) is 24.4 Å². The molecular formula is C16H13BrN2O4S. The van der Waals surface area contributed by atoms with E-state index in [2.05, 4.69) is 21.2 Å². The van der Waals surface area contributed by atoms with E-state index in [1.807, 2.05) is 24.3 Å². The molecule has 3 N–H and O–H groups in total. The van der Waals surface area contributed by atoms with Crippen LogP contribution in [0.3, 0.4) is 0 Å². The van der Waals surface area contributed by atoms with Crippen LogP contribution in [0, 0.1) is 0 Å². The molecule has 0 saturated heterocycles. The summed E-state index contributed by atoms with van der Waals surface area (Å²) in [7, 11) is 0. The normalized spacial score (nSPS) is 10.5. The van der Waals surface area contributed by atoms with Gasteiger partial charge in [-0.2, -0.15) is 0 Å². The smallest absolute Gasteiger partial charge is 0.331 e. The van der Waals surface area contributed by atoms with E-state index in [1.54, 1.807) is 11.5 Å². The van der Waals surface area contributed by atoms with Crippen LogP contribution >= 0.6 is 27.3 Å². The molecule has 0 unspecified atom stereocenters. The van der Waals surface area contributed by atoms with Gasteiger partial charge in [-0.15, -0.1) is 11.3 Å². The Balaban J connectivity index is 1.82. The predicted molar refractivity (Wildman–Crippen MR) is 95.6 cm³/mol. The number of thiophene rings is 1. The average molecular weight is 409 g/mol. The van der Waals surface area contributed by atoms with Crippen molar-refractivity contribution in [1.29, 1.82) is 0 Å². The van der Waals surface area contributed by atoms with Gasteiger partial charge in [0.15, 0.2) is 6.61 Å². The summed E-state index contributed by atoms with van der Waals surface area (Å²) in [4.78, 5) is 34.5. The Hall–Kier alpha value is -2.45. The summed E-state index contributed by atoms with van der Waals surface area (Å²) in [6.45, 7) is -0.459. The topological polar surface area (TPSA) is 98.5 Å². The number of anilines is 1. The van der Waals surface area contributed by atoms with Gasteiger partial charge in [0.1, 0.15) is 5.00 Å². The Bertz CT molecular complexity index is 784. The monoisotopic (exact) mass is 408 g/mol. The number of hydrogen-bond donors (Lipinski definition) is 2. The minimum Gasteiger partial charge on any atom is -0.452 e. The van der Waals surface area contributed by atoms with E-state index in [4.69, 9.17) is 10.5 Å². The molecule has 0 bridgehead atoms. The molecule has 0 saturated carbocycles. The number of hydrogen-bond acceptors (Lipinski definition) is 5. The van der Waals surface area contributed by atoms with Crippen LogP contribution in [0.1, 0.15) is 15.9 Å². The molecule has 0 aliphatic rings. The summed E-state index contributed by atoms with van der Waals surface area (Å²) in [5.74, 6) is -1.83. The van der Waals surface area contributed by atoms with Gasteiger partial charge in [0.25, 0.3) is 11.8 Å².